The first-order valence-electron chi connectivity index (χ1n) is 10.6. The molecule has 0 radical (unpaired) electrons. The predicted octanol–water partition coefficient (Wildman–Crippen LogP) is 5.66. The summed E-state index contributed by atoms with van der Waals surface area (Å²) in [7, 11) is 0. The van der Waals surface area contributed by atoms with Gasteiger partial charge < -0.3 is 9.88 Å². The second kappa shape index (κ2) is 9.59. The van der Waals surface area contributed by atoms with Crippen molar-refractivity contribution >= 4 is 16.8 Å². The molecule has 148 valence electrons. The molecule has 3 heteroatoms. The van der Waals surface area contributed by atoms with E-state index in [0.29, 0.717) is 6.42 Å². The van der Waals surface area contributed by atoms with E-state index in [1.165, 1.54) is 27.6 Å². The van der Waals surface area contributed by atoms with Crippen molar-refractivity contribution < 1.29 is 4.79 Å². The molecule has 0 fully saturated rings. The maximum atomic E-state index is 12.7. The number of hydrogen-bond donors (Lipinski definition) is 1. The summed E-state index contributed by atoms with van der Waals surface area (Å²) in [6.07, 6.45) is 5.87. The van der Waals surface area contributed by atoms with Crippen molar-refractivity contribution in [3.63, 3.8) is 0 Å². The lowest BCUT2D eigenvalue weighted by Crippen LogP contribution is -2.26. The van der Waals surface area contributed by atoms with Crippen LogP contribution in [-0.2, 0) is 17.8 Å². The minimum Gasteiger partial charge on any atom is -0.356 e. The van der Waals surface area contributed by atoms with E-state index < -0.39 is 0 Å². The molecule has 1 N–H and O–H groups in total. The van der Waals surface area contributed by atoms with Crippen LogP contribution in [0.1, 0.15) is 62.6 Å². The van der Waals surface area contributed by atoms with E-state index in [1.54, 1.807) is 0 Å². The Bertz CT molecular complexity index is 911. The molecule has 0 aliphatic rings. The van der Waals surface area contributed by atoms with Crippen LogP contribution >= 0.6 is 0 Å². The minimum absolute atomic E-state index is 0.0604. The summed E-state index contributed by atoms with van der Waals surface area (Å²) < 4.78 is 2.34. The van der Waals surface area contributed by atoms with Gasteiger partial charge in [-0.1, -0.05) is 68.8 Å². The van der Waals surface area contributed by atoms with Crippen LogP contribution in [0, 0.1) is 0 Å². The van der Waals surface area contributed by atoms with Crippen LogP contribution in [-0.4, -0.2) is 17.0 Å². The minimum atomic E-state index is 0.0604. The van der Waals surface area contributed by atoms with Crippen LogP contribution in [0.5, 0.6) is 0 Å². The number of aromatic nitrogens is 1. The zero-order chi connectivity index (χ0) is 19.9. The molecule has 1 heterocycles. The molecule has 2 aromatic carbocycles. The largest absolute Gasteiger partial charge is 0.356 e. The molecular weight excluding hydrogens is 344 g/mol. The van der Waals surface area contributed by atoms with E-state index in [-0.39, 0.29) is 11.8 Å². The van der Waals surface area contributed by atoms with E-state index >= 15 is 0 Å². The standard InChI is InChI=1S/C25H32N2O/c1-4-7-16-26-24(28)17-22(20-12-9-8-10-13-20)23-18-27(6-3)25-19(5-2)14-11-15-21(23)25/h8-15,18,22H,4-7,16-17H2,1-3H3,(H,26,28). The molecule has 1 unspecified atom stereocenters. The fourth-order valence-corrected chi connectivity index (χ4v) is 4.03. The summed E-state index contributed by atoms with van der Waals surface area (Å²) >= 11 is 0. The van der Waals surface area contributed by atoms with Crippen molar-refractivity contribution in [2.75, 3.05) is 6.54 Å². The molecular formula is C25H32N2O. The van der Waals surface area contributed by atoms with Crippen LogP contribution in [0.4, 0.5) is 0 Å². The summed E-state index contributed by atoms with van der Waals surface area (Å²) in [6.45, 7) is 8.22. The third kappa shape index (κ3) is 4.30. The van der Waals surface area contributed by atoms with Gasteiger partial charge in [0, 0.05) is 37.0 Å². The molecule has 0 saturated carbocycles. The van der Waals surface area contributed by atoms with E-state index in [1.807, 2.05) is 6.07 Å². The Morgan fingerprint density at radius 1 is 1.04 bits per heavy atom. The summed E-state index contributed by atoms with van der Waals surface area (Å²) in [4.78, 5) is 12.7. The first-order valence-corrected chi connectivity index (χ1v) is 10.6. The van der Waals surface area contributed by atoms with Gasteiger partial charge in [-0.25, -0.2) is 0 Å². The molecule has 3 nitrogen and oxygen atoms in total. The van der Waals surface area contributed by atoms with Crippen LogP contribution in [0.3, 0.4) is 0 Å². The number of rotatable bonds is 9. The van der Waals surface area contributed by atoms with E-state index in [0.717, 1.165) is 32.4 Å². The zero-order valence-electron chi connectivity index (χ0n) is 17.4. The van der Waals surface area contributed by atoms with Crippen molar-refractivity contribution in [3.05, 3.63) is 71.4 Å². The summed E-state index contributed by atoms with van der Waals surface area (Å²) in [6, 6.07) is 17.0. The Balaban J connectivity index is 2.04. The van der Waals surface area contributed by atoms with Gasteiger partial charge in [0.15, 0.2) is 0 Å². The highest BCUT2D eigenvalue weighted by Crippen LogP contribution is 2.36. The van der Waals surface area contributed by atoms with Gasteiger partial charge in [0.1, 0.15) is 0 Å². The number of nitrogens with one attached hydrogen (secondary N) is 1. The molecule has 3 aromatic rings. The fraction of sp³-hybridized carbons (Fsp3) is 0.400. The van der Waals surface area contributed by atoms with Gasteiger partial charge in [0.05, 0.1) is 5.52 Å². The predicted molar refractivity (Wildman–Crippen MR) is 118 cm³/mol. The van der Waals surface area contributed by atoms with Gasteiger partial charge in [0.25, 0.3) is 0 Å². The van der Waals surface area contributed by atoms with Gasteiger partial charge in [-0.05, 0) is 36.5 Å². The second-order valence-corrected chi connectivity index (χ2v) is 7.41. The second-order valence-electron chi connectivity index (χ2n) is 7.41. The van der Waals surface area contributed by atoms with Gasteiger partial charge in [-0.15, -0.1) is 0 Å². The molecule has 1 amide bonds. The lowest BCUT2D eigenvalue weighted by atomic mass is 9.87. The van der Waals surface area contributed by atoms with Crippen LogP contribution < -0.4 is 5.32 Å². The SMILES string of the molecule is CCCCNC(=O)CC(c1ccccc1)c1cn(CC)c2c(CC)cccc12. The average Bonchev–Trinajstić information content (AvgIpc) is 3.11. The number of aryl methyl sites for hydroxylation is 2. The molecule has 0 aliphatic carbocycles. The number of carbonyl (C=O) groups is 1. The highest BCUT2D eigenvalue weighted by atomic mass is 16.1. The average molecular weight is 377 g/mol. The van der Waals surface area contributed by atoms with Gasteiger partial charge in [-0.3, -0.25) is 4.79 Å². The van der Waals surface area contributed by atoms with Gasteiger partial charge >= 0.3 is 0 Å². The van der Waals surface area contributed by atoms with Crippen molar-refractivity contribution in [1.29, 1.82) is 0 Å². The lowest BCUT2D eigenvalue weighted by Gasteiger charge is -2.17. The number of nitrogens with zero attached hydrogens (tertiary/aromatic N) is 1. The number of amides is 1. The Kier molecular flexibility index (Phi) is 6.91. The van der Waals surface area contributed by atoms with Crippen LogP contribution in [0.2, 0.25) is 0 Å². The van der Waals surface area contributed by atoms with E-state index in [9.17, 15) is 4.79 Å². The van der Waals surface area contributed by atoms with Gasteiger partial charge in [-0.2, -0.15) is 0 Å². The molecule has 0 saturated heterocycles. The van der Waals surface area contributed by atoms with Crippen LogP contribution in [0.15, 0.2) is 54.7 Å². The summed E-state index contributed by atoms with van der Waals surface area (Å²) in [5.41, 5.74) is 5.13. The number of benzene rings is 2. The van der Waals surface area contributed by atoms with Crippen molar-refractivity contribution in [1.82, 2.24) is 9.88 Å². The topological polar surface area (TPSA) is 34.0 Å². The highest BCUT2D eigenvalue weighted by molar-refractivity contribution is 5.89. The normalized spacial score (nSPS) is 12.2. The number of fused-ring (bicyclic) bond motifs is 1. The molecule has 3 rings (SSSR count). The third-order valence-corrected chi connectivity index (χ3v) is 5.55. The maximum absolute atomic E-state index is 12.7. The molecule has 1 atom stereocenters. The van der Waals surface area contributed by atoms with Crippen molar-refractivity contribution in [2.45, 2.75) is 58.9 Å². The fourth-order valence-electron chi connectivity index (χ4n) is 4.03. The number of para-hydroxylation sites is 1. The molecule has 28 heavy (non-hydrogen) atoms. The molecule has 1 aromatic heterocycles. The van der Waals surface area contributed by atoms with Crippen molar-refractivity contribution in [2.24, 2.45) is 0 Å². The first kappa shape index (κ1) is 20.2. The molecule has 0 aliphatic heterocycles. The molecule has 0 bridgehead atoms. The third-order valence-electron chi connectivity index (χ3n) is 5.55. The molecule has 0 spiro atoms. The number of unbranched alkanes of at least 4 members (excludes halogenated alkanes) is 1. The highest BCUT2D eigenvalue weighted by Gasteiger charge is 2.23. The number of carbonyl (C=O) groups excluding carboxylic acids is 1. The Morgan fingerprint density at radius 3 is 2.50 bits per heavy atom. The lowest BCUT2D eigenvalue weighted by molar-refractivity contribution is -0.121. The smallest absolute Gasteiger partial charge is 0.220 e. The Morgan fingerprint density at radius 2 is 1.82 bits per heavy atom. The van der Waals surface area contributed by atoms with Crippen LogP contribution in [0.25, 0.3) is 10.9 Å². The first-order chi connectivity index (χ1) is 13.7. The zero-order valence-corrected chi connectivity index (χ0v) is 17.4. The number of hydrogen-bond acceptors (Lipinski definition) is 1. The Labute approximate surface area is 168 Å². The quantitative estimate of drug-likeness (QED) is 0.480. The van der Waals surface area contributed by atoms with E-state index in [2.05, 4.69) is 79.3 Å². The summed E-state index contributed by atoms with van der Waals surface area (Å²) in [5, 5.41) is 4.37. The monoisotopic (exact) mass is 376 g/mol. The van der Waals surface area contributed by atoms with Crippen molar-refractivity contribution in [3.8, 4) is 0 Å². The summed E-state index contributed by atoms with van der Waals surface area (Å²) in [5.74, 6) is 0.191. The maximum Gasteiger partial charge on any atom is 0.220 e. The van der Waals surface area contributed by atoms with E-state index in [4.69, 9.17) is 0 Å². The van der Waals surface area contributed by atoms with Gasteiger partial charge in [0.2, 0.25) is 5.91 Å². The Hall–Kier alpha value is -2.55.